The van der Waals surface area contributed by atoms with E-state index in [1.165, 1.54) is 0 Å². The van der Waals surface area contributed by atoms with Gasteiger partial charge in [0, 0.05) is 26.2 Å². The zero-order valence-electron chi connectivity index (χ0n) is 11.9. The van der Waals surface area contributed by atoms with Gasteiger partial charge in [0.15, 0.2) is 0 Å². The topological polar surface area (TPSA) is 82.1 Å². The van der Waals surface area contributed by atoms with Crippen molar-refractivity contribution in [3.63, 3.8) is 0 Å². The molecule has 7 heteroatoms. The van der Waals surface area contributed by atoms with Gasteiger partial charge in [0.2, 0.25) is 0 Å². The predicted molar refractivity (Wildman–Crippen MR) is 77.7 cm³/mol. The van der Waals surface area contributed by atoms with Gasteiger partial charge in [-0.05, 0) is 12.1 Å². The second kappa shape index (κ2) is 6.94. The molecular formula is C14H19N3O4. The SMILES string of the molecule is COc1ccccc1NC(=O)N1CCN(CC(=O)O)CC1. The molecule has 0 unspecified atom stereocenters. The van der Waals surface area contributed by atoms with Crippen LogP contribution in [-0.2, 0) is 4.79 Å². The van der Waals surface area contributed by atoms with Crippen LogP contribution in [0.15, 0.2) is 24.3 Å². The van der Waals surface area contributed by atoms with Gasteiger partial charge in [0.25, 0.3) is 0 Å². The number of urea groups is 1. The lowest BCUT2D eigenvalue weighted by molar-refractivity contribution is -0.138. The number of anilines is 1. The van der Waals surface area contributed by atoms with Crippen molar-refractivity contribution >= 4 is 17.7 Å². The minimum absolute atomic E-state index is 0.0158. The Hall–Kier alpha value is -2.28. The molecule has 0 atom stereocenters. The molecule has 2 N–H and O–H groups in total. The summed E-state index contributed by atoms with van der Waals surface area (Å²) in [7, 11) is 1.55. The van der Waals surface area contributed by atoms with E-state index in [0.29, 0.717) is 37.6 Å². The molecule has 0 aromatic heterocycles. The minimum Gasteiger partial charge on any atom is -0.495 e. The molecule has 1 saturated heterocycles. The summed E-state index contributed by atoms with van der Waals surface area (Å²) in [5.74, 6) is -0.239. The number of piperazine rings is 1. The van der Waals surface area contributed by atoms with Crippen LogP contribution in [0.4, 0.5) is 10.5 Å². The average Bonchev–Trinajstić information content (AvgIpc) is 2.48. The summed E-state index contributed by atoms with van der Waals surface area (Å²) in [6.07, 6.45) is 0. The molecule has 0 spiro atoms. The molecule has 21 heavy (non-hydrogen) atoms. The molecule has 1 fully saturated rings. The predicted octanol–water partition coefficient (Wildman–Crippen LogP) is 0.929. The fraction of sp³-hybridized carbons (Fsp3) is 0.429. The van der Waals surface area contributed by atoms with Gasteiger partial charge < -0.3 is 20.1 Å². The lowest BCUT2D eigenvalue weighted by Crippen LogP contribution is -2.51. The van der Waals surface area contributed by atoms with Gasteiger partial charge in [-0.25, -0.2) is 4.79 Å². The van der Waals surface area contributed by atoms with Gasteiger partial charge in [0.05, 0.1) is 19.3 Å². The first-order chi connectivity index (χ1) is 10.1. The highest BCUT2D eigenvalue weighted by Gasteiger charge is 2.22. The van der Waals surface area contributed by atoms with Crippen LogP contribution >= 0.6 is 0 Å². The number of benzene rings is 1. The quantitative estimate of drug-likeness (QED) is 0.863. The number of rotatable bonds is 4. The Morgan fingerprint density at radius 2 is 1.90 bits per heavy atom. The number of carboxylic acids is 1. The number of para-hydroxylation sites is 2. The zero-order chi connectivity index (χ0) is 15.2. The van der Waals surface area contributed by atoms with E-state index in [2.05, 4.69) is 5.32 Å². The number of nitrogens with zero attached hydrogens (tertiary/aromatic N) is 2. The summed E-state index contributed by atoms with van der Waals surface area (Å²) in [5.41, 5.74) is 0.623. The van der Waals surface area contributed by atoms with Crippen molar-refractivity contribution in [2.75, 3.05) is 45.2 Å². The zero-order valence-corrected chi connectivity index (χ0v) is 11.9. The van der Waals surface area contributed by atoms with Gasteiger partial charge in [-0.3, -0.25) is 9.69 Å². The first-order valence-corrected chi connectivity index (χ1v) is 6.73. The summed E-state index contributed by atoms with van der Waals surface area (Å²) >= 11 is 0. The van der Waals surface area contributed by atoms with E-state index in [0.717, 1.165) is 0 Å². The monoisotopic (exact) mass is 293 g/mol. The molecule has 0 aliphatic carbocycles. The van der Waals surface area contributed by atoms with Gasteiger partial charge >= 0.3 is 12.0 Å². The largest absolute Gasteiger partial charge is 0.495 e. The molecule has 1 aromatic rings. The van der Waals surface area contributed by atoms with Crippen LogP contribution in [0.3, 0.4) is 0 Å². The maximum absolute atomic E-state index is 12.2. The minimum atomic E-state index is -0.845. The third-order valence-corrected chi connectivity index (χ3v) is 3.37. The number of hydrogen-bond donors (Lipinski definition) is 2. The summed E-state index contributed by atoms with van der Waals surface area (Å²) in [6, 6.07) is 7.01. The summed E-state index contributed by atoms with van der Waals surface area (Å²) in [6.45, 7) is 2.15. The molecule has 0 saturated carbocycles. The second-order valence-corrected chi connectivity index (χ2v) is 4.79. The summed E-state index contributed by atoms with van der Waals surface area (Å²) in [5, 5.41) is 11.6. The lowest BCUT2D eigenvalue weighted by atomic mass is 10.3. The highest BCUT2D eigenvalue weighted by atomic mass is 16.5. The number of nitrogens with one attached hydrogen (secondary N) is 1. The third-order valence-electron chi connectivity index (χ3n) is 3.37. The highest BCUT2D eigenvalue weighted by Crippen LogP contribution is 2.23. The Morgan fingerprint density at radius 3 is 2.52 bits per heavy atom. The molecule has 2 rings (SSSR count). The first kappa shape index (κ1) is 15.1. The maximum Gasteiger partial charge on any atom is 0.322 e. The molecule has 1 aliphatic rings. The van der Waals surface area contributed by atoms with E-state index < -0.39 is 5.97 Å². The summed E-state index contributed by atoms with van der Waals surface area (Å²) < 4.78 is 5.19. The summed E-state index contributed by atoms with van der Waals surface area (Å²) in [4.78, 5) is 26.3. The van der Waals surface area contributed by atoms with Gasteiger partial charge in [-0.1, -0.05) is 12.1 Å². The third kappa shape index (κ3) is 4.09. The van der Waals surface area contributed by atoms with Crippen LogP contribution in [-0.4, -0.2) is 66.7 Å². The van der Waals surface area contributed by atoms with Crippen LogP contribution in [0.25, 0.3) is 0 Å². The Bertz CT molecular complexity index is 513. The van der Waals surface area contributed by atoms with E-state index in [1.807, 2.05) is 17.0 Å². The van der Waals surface area contributed by atoms with Crippen molar-refractivity contribution < 1.29 is 19.4 Å². The normalized spacial score (nSPS) is 15.6. The number of carbonyl (C=O) groups excluding carboxylic acids is 1. The van der Waals surface area contributed by atoms with Crippen molar-refractivity contribution in [1.29, 1.82) is 0 Å². The fourth-order valence-electron chi connectivity index (χ4n) is 2.24. The van der Waals surface area contributed by atoms with E-state index in [9.17, 15) is 9.59 Å². The molecule has 0 bridgehead atoms. The fourth-order valence-corrected chi connectivity index (χ4v) is 2.24. The van der Waals surface area contributed by atoms with Crippen LogP contribution in [0.1, 0.15) is 0 Å². The molecular weight excluding hydrogens is 274 g/mol. The van der Waals surface area contributed by atoms with Gasteiger partial charge in [0.1, 0.15) is 5.75 Å². The van der Waals surface area contributed by atoms with Gasteiger partial charge in [-0.2, -0.15) is 0 Å². The Balaban J connectivity index is 1.89. The Labute approximate surface area is 123 Å². The van der Waals surface area contributed by atoms with Crippen molar-refractivity contribution in [3.8, 4) is 5.75 Å². The highest BCUT2D eigenvalue weighted by molar-refractivity contribution is 5.91. The van der Waals surface area contributed by atoms with E-state index in [1.54, 1.807) is 24.1 Å². The number of ether oxygens (including phenoxy) is 1. The van der Waals surface area contributed by atoms with Crippen molar-refractivity contribution in [3.05, 3.63) is 24.3 Å². The number of methoxy groups -OCH3 is 1. The molecule has 2 amide bonds. The van der Waals surface area contributed by atoms with E-state index in [4.69, 9.17) is 9.84 Å². The number of aliphatic carboxylic acids is 1. The van der Waals surface area contributed by atoms with E-state index >= 15 is 0 Å². The second-order valence-electron chi connectivity index (χ2n) is 4.79. The number of hydrogen-bond acceptors (Lipinski definition) is 4. The molecule has 7 nitrogen and oxygen atoms in total. The maximum atomic E-state index is 12.2. The van der Waals surface area contributed by atoms with Crippen LogP contribution in [0.2, 0.25) is 0 Å². The molecule has 0 radical (unpaired) electrons. The number of carbonyl (C=O) groups is 2. The standard InChI is InChI=1S/C14H19N3O4/c1-21-12-5-3-2-4-11(12)15-14(20)17-8-6-16(7-9-17)10-13(18)19/h2-5H,6-10H2,1H3,(H,15,20)(H,18,19). The Kier molecular flexibility index (Phi) is 4.99. The molecule has 1 aromatic carbocycles. The van der Waals surface area contributed by atoms with Gasteiger partial charge in [-0.15, -0.1) is 0 Å². The average molecular weight is 293 g/mol. The molecule has 114 valence electrons. The number of carboxylic acid groups (broad SMARTS) is 1. The lowest BCUT2D eigenvalue weighted by Gasteiger charge is -2.33. The van der Waals surface area contributed by atoms with Crippen molar-refractivity contribution in [1.82, 2.24) is 9.80 Å². The van der Waals surface area contributed by atoms with Crippen molar-refractivity contribution in [2.24, 2.45) is 0 Å². The van der Waals surface area contributed by atoms with E-state index in [-0.39, 0.29) is 12.6 Å². The first-order valence-electron chi connectivity index (χ1n) is 6.73. The van der Waals surface area contributed by atoms with Crippen LogP contribution < -0.4 is 10.1 Å². The molecule has 1 aliphatic heterocycles. The van der Waals surface area contributed by atoms with Crippen LogP contribution in [0.5, 0.6) is 5.75 Å². The Morgan fingerprint density at radius 1 is 1.24 bits per heavy atom. The number of amides is 2. The van der Waals surface area contributed by atoms with Crippen LogP contribution in [0, 0.1) is 0 Å². The molecule has 1 heterocycles. The van der Waals surface area contributed by atoms with Crippen molar-refractivity contribution in [2.45, 2.75) is 0 Å². The smallest absolute Gasteiger partial charge is 0.322 e.